The molecule has 0 aliphatic heterocycles. The van der Waals surface area contributed by atoms with Gasteiger partial charge in [-0.05, 0) is 42.5 Å². The molecule has 0 spiro atoms. The minimum Gasteiger partial charge on any atom is -0.493 e. The number of nitrogens with two attached hydrogens (primary N) is 1. The van der Waals surface area contributed by atoms with E-state index >= 15 is 0 Å². The van der Waals surface area contributed by atoms with Gasteiger partial charge in [0, 0.05) is 16.2 Å². The van der Waals surface area contributed by atoms with Crippen molar-refractivity contribution in [2.75, 3.05) is 18.9 Å². The number of ether oxygens (including phenoxy) is 1. The fraction of sp³-hybridized carbons (Fsp3) is 0.176. The van der Waals surface area contributed by atoms with E-state index in [1.807, 2.05) is 30.3 Å². The summed E-state index contributed by atoms with van der Waals surface area (Å²) in [5, 5.41) is 0. The summed E-state index contributed by atoms with van der Waals surface area (Å²) in [5.41, 5.74) is 6.24. The molecule has 0 radical (unpaired) electrons. The molecule has 0 aromatic heterocycles. The lowest BCUT2D eigenvalue weighted by molar-refractivity contribution is 0.344. The predicted molar refractivity (Wildman–Crippen MR) is 85.0 cm³/mol. The molecule has 0 heterocycles. The van der Waals surface area contributed by atoms with Gasteiger partial charge in [-0.1, -0.05) is 17.9 Å². The predicted octanol–water partition coefficient (Wildman–Crippen LogP) is 3.31. The van der Waals surface area contributed by atoms with Crippen LogP contribution in [0.5, 0.6) is 5.75 Å². The lowest BCUT2D eigenvalue weighted by atomic mass is 10.2. The van der Waals surface area contributed by atoms with E-state index in [0.29, 0.717) is 13.2 Å². The Morgan fingerprint density at radius 2 is 1.95 bits per heavy atom. The number of halogens is 1. The van der Waals surface area contributed by atoms with Gasteiger partial charge in [-0.2, -0.15) is 0 Å². The summed E-state index contributed by atoms with van der Waals surface area (Å²) < 4.78 is 18.6. The Morgan fingerprint density at radius 1 is 1.14 bits per heavy atom. The van der Waals surface area contributed by atoms with Crippen LogP contribution in [0.25, 0.3) is 0 Å². The first-order chi connectivity index (χ1) is 10.3. The average Bonchev–Trinajstić information content (AvgIpc) is 2.51. The van der Waals surface area contributed by atoms with Crippen LogP contribution in [-0.4, -0.2) is 18.9 Å². The molecule has 0 atom stereocenters. The monoisotopic (exact) mass is 301 g/mol. The van der Waals surface area contributed by atoms with E-state index in [4.69, 9.17) is 10.5 Å². The van der Waals surface area contributed by atoms with Crippen molar-refractivity contribution < 1.29 is 9.13 Å². The highest BCUT2D eigenvalue weighted by Gasteiger charge is 1.98. The molecule has 0 bridgehead atoms. The minimum atomic E-state index is -0.213. The van der Waals surface area contributed by atoms with Crippen molar-refractivity contribution in [3.05, 3.63) is 59.9 Å². The van der Waals surface area contributed by atoms with Gasteiger partial charge in [-0.15, -0.1) is 11.8 Å². The topological polar surface area (TPSA) is 35.2 Å². The highest BCUT2D eigenvalue weighted by Crippen LogP contribution is 2.19. The third-order valence-corrected chi connectivity index (χ3v) is 3.56. The molecule has 0 aliphatic carbocycles. The molecule has 0 unspecified atom stereocenters. The van der Waals surface area contributed by atoms with E-state index in [1.54, 1.807) is 17.8 Å². The lowest BCUT2D eigenvalue weighted by Gasteiger charge is -2.06. The Kier molecular flexibility index (Phi) is 6.14. The molecule has 0 amide bonds. The van der Waals surface area contributed by atoms with Gasteiger partial charge in [0.25, 0.3) is 0 Å². The van der Waals surface area contributed by atoms with E-state index < -0.39 is 0 Å². The molecule has 0 aliphatic rings. The summed E-state index contributed by atoms with van der Waals surface area (Å²) >= 11 is 1.57. The second kappa shape index (κ2) is 8.35. The Labute approximate surface area is 128 Å². The Balaban J connectivity index is 1.76. The van der Waals surface area contributed by atoms with Crippen LogP contribution in [0.2, 0.25) is 0 Å². The molecule has 2 aromatic carbocycles. The van der Waals surface area contributed by atoms with Gasteiger partial charge in [0.05, 0.1) is 13.2 Å². The standard InChI is InChI=1S/C17H16FNOS/c18-15-4-1-5-17(13-15)21-12-11-20-16-8-6-14(7-9-16)3-2-10-19/h1,4-9,13H,10-12,19H2. The zero-order valence-corrected chi connectivity index (χ0v) is 12.3. The quantitative estimate of drug-likeness (QED) is 0.523. The fourth-order valence-corrected chi connectivity index (χ4v) is 2.44. The summed E-state index contributed by atoms with van der Waals surface area (Å²) in [6.45, 7) is 0.921. The van der Waals surface area contributed by atoms with Gasteiger partial charge >= 0.3 is 0 Å². The third kappa shape index (κ3) is 5.50. The van der Waals surface area contributed by atoms with E-state index in [1.165, 1.54) is 12.1 Å². The Morgan fingerprint density at radius 3 is 2.67 bits per heavy atom. The van der Waals surface area contributed by atoms with Gasteiger partial charge in [0.15, 0.2) is 0 Å². The van der Waals surface area contributed by atoms with Crippen molar-refractivity contribution in [1.29, 1.82) is 0 Å². The molecule has 0 saturated carbocycles. The zero-order chi connectivity index (χ0) is 14.9. The highest BCUT2D eigenvalue weighted by molar-refractivity contribution is 7.99. The van der Waals surface area contributed by atoms with Crippen LogP contribution in [0.4, 0.5) is 4.39 Å². The number of benzene rings is 2. The molecule has 2 aromatic rings. The van der Waals surface area contributed by atoms with E-state index in [9.17, 15) is 4.39 Å². The maximum atomic E-state index is 13.0. The second-order valence-electron chi connectivity index (χ2n) is 4.18. The van der Waals surface area contributed by atoms with E-state index in [-0.39, 0.29) is 5.82 Å². The van der Waals surface area contributed by atoms with Gasteiger partial charge in [-0.3, -0.25) is 0 Å². The third-order valence-electron chi connectivity index (χ3n) is 2.61. The molecule has 2 N–H and O–H groups in total. The summed E-state index contributed by atoms with van der Waals surface area (Å²) in [6.07, 6.45) is 0. The number of rotatable bonds is 5. The largest absolute Gasteiger partial charge is 0.493 e. The van der Waals surface area contributed by atoms with Crippen LogP contribution < -0.4 is 10.5 Å². The molecular formula is C17H16FNOS. The summed E-state index contributed by atoms with van der Waals surface area (Å²) in [7, 11) is 0. The van der Waals surface area contributed by atoms with Crippen LogP contribution >= 0.6 is 11.8 Å². The Bertz CT molecular complexity index is 631. The smallest absolute Gasteiger partial charge is 0.124 e. The normalized spacial score (nSPS) is 9.81. The van der Waals surface area contributed by atoms with Crippen molar-refractivity contribution in [3.8, 4) is 17.6 Å². The first-order valence-electron chi connectivity index (χ1n) is 6.58. The van der Waals surface area contributed by atoms with E-state index in [0.717, 1.165) is 22.0 Å². The molecule has 108 valence electrons. The zero-order valence-electron chi connectivity index (χ0n) is 11.5. The SMILES string of the molecule is NCC#Cc1ccc(OCCSc2cccc(F)c2)cc1. The van der Waals surface area contributed by atoms with Gasteiger partial charge in [0.1, 0.15) is 11.6 Å². The van der Waals surface area contributed by atoms with Crippen molar-refractivity contribution in [2.45, 2.75) is 4.90 Å². The molecule has 0 fully saturated rings. The number of thioether (sulfide) groups is 1. The maximum Gasteiger partial charge on any atom is 0.124 e. The molecule has 2 rings (SSSR count). The second-order valence-corrected chi connectivity index (χ2v) is 5.35. The van der Waals surface area contributed by atoms with Crippen molar-refractivity contribution in [1.82, 2.24) is 0 Å². The number of hydrogen-bond donors (Lipinski definition) is 1. The van der Waals surface area contributed by atoms with Crippen molar-refractivity contribution in [2.24, 2.45) is 5.73 Å². The van der Waals surface area contributed by atoms with Gasteiger partial charge in [0.2, 0.25) is 0 Å². The molecule has 2 nitrogen and oxygen atoms in total. The first-order valence-corrected chi connectivity index (χ1v) is 7.56. The summed E-state index contributed by atoms with van der Waals surface area (Å²) in [4.78, 5) is 0.908. The van der Waals surface area contributed by atoms with Crippen LogP contribution in [0.1, 0.15) is 5.56 Å². The van der Waals surface area contributed by atoms with Crippen molar-refractivity contribution in [3.63, 3.8) is 0 Å². The number of hydrogen-bond acceptors (Lipinski definition) is 3. The van der Waals surface area contributed by atoms with E-state index in [2.05, 4.69) is 11.8 Å². The molecule has 21 heavy (non-hydrogen) atoms. The van der Waals surface area contributed by atoms with Crippen LogP contribution in [0.3, 0.4) is 0 Å². The summed E-state index contributed by atoms with van der Waals surface area (Å²) in [5.74, 6) is 7.11. The molecule has 0 saturated heterocycles. The van der Waals surface area contributed by atoms with Crippen LogP contribution in [0, 0.1) is 17.7 Å². The average molecular weight is 301 g/mol. The molecule has 4 heteroatoms. The summed E-state index contributed by atoms with van der Waals surface area (Å²) in [6, 6.07) is 14.1. The highest BCUT2D eigenvalue weighted by atomic mass is 32.2. The first kappa shape index (κ1) is 15.4. The van der Waals surface area contributed by atoms with Crippen LogP contribution in [-0.2, 0) is 0 Å². The van der Waals surface area contributed by atoms with Gasteiger partial charge in [-0.25, -0.2) is 4.39 Å². The Hall–Kier alpha value is -1.96. The van der Waals surface area contributed by atoms with Crippen LogP contribution in [0.15, 0.2) is 53.4 Å². The van der Waals surface area contributed by atoms with Gasteiger partial charge < -0.3 is 10.5 Å². The molecular weight excluding hydrogens is 285 g/mol. The lowest BCUT2D eigenvalue weighted by Crippen LogP contribution is -2.00. The maximum absolute atomic E-state index is 13.0. The fourth-order valence-electron chi connectivity index (χ4n) is 1.66. The van der Waals surface area contributed by atoms with Crippen molar-refractivity contribution >= 4 is 11.8 Å². The minimum absolute atomic E-state index is 0.213.